The van der Waals surface area contributed by atoms with Crippen molar-refractivity contribution in [3.8, 4) is 0 Å². The van der Waals surface area contributed by atoms with Gasteiger partial charge in [0.05, 0.1) is 6.10 Å². The number of carboxylic acids is 1. The molecule has 0 aliphatic carbocycles. The molecule has 18 heavy (non-hydrogen) atoms. The summed E-state index contributed by atoms with van der Waals surface area (Å²) in [5.74, 6) is -1.41. The Morgan fingerprint density at radius 3 is 2.39 bits per heavy atom. The molecule has 1 saturated heterocycles. The average molecular weight is 264 g/mol. The van der Waals surface area contributed by atoms with E-state index in [1.807, 2.05) is 6.92 Å². The van der Waals surface area contributed by atoms with Gasteiger partial charge in [-0.05, 0) is 13.3 Å². The molecule has 1 aliphatic rings. The standard InChI is InChI=1S/C11H20O7/c1-3-4-5(2)17-11-8(14)6(12)7(13)9(18-11)10(15)16/h5-9,11-14H,3-4H2,1-2H3,(H,15,16). The summed E-state index contributed by atoms with van der Waals surface area (Å²) in [6.45, 7) is 3.71. The topological polar surface area (TPSA) is 116 Å². The molecule has 4 N–H and O–H groups in total. The Bertz CT molecular complexity index is 283. The summed E-state index contributed by atoms with van der Waals surface area (Å²) in [4.78, 5) is 10.8. The van der Waals surface area contributed by atoms with Crippen LogP contribution in [0.25, 0.3) is 0 Å². The van der Waals surface area contributed by atoms with E-state index in [1.165, 1.54) is 0 Å². The van der Waals surface area contributed by atoms with Gasteiger partial charge >= 0.3 is 5.97 Å². The fraction of sp³-hybridized carbons (Fsp3) is 0.909. The second-order valence-electron chi connectivity index (χ2n) is 4.47. The zero-order valence-electron chi connectivity index (χ0n) is 10.4. The SMILES string of the molecule is CCCC(C)OC1OC(C(=O)O)C(O)C(O)C1O. The molecule has 0 spiro atoms. The van der Waals surface area contributed by atoms with Gasteiger partial charge in [-0.25, -0.2) is 4.79 Å². The lowest BCUT2D eigenvalue weighted by molar-refractivity contribution is -0.303. The normalized spacial score (nSPS) is 38.4. The molecule has 0 aromatic carbocycles. The lowest BCUT2D eigenvalue weighted by Crippen LogP contribution is -2.60. The number of aliphatic carboxylic acids is 1. The highest BCUT2D eigenvalue weighted by molar-refractivity contribution is 5.73. The van der Waals surface area contributed by atoms with E-state index in [4.69, 9.17) is 14.6 Å². The minimum atomic E-state index is -1.68. The summed E-state index contributed by atoms with van der Waals surface area (Å²) < 4.78 is 10.3. The maximum atomic E-state index is 10.8. The fourth-order valence-corrected chi connectivity index (χ4v) is 1.87. The lowest BCUT2D eigenvalue weighted by atomic mass is 9.99. The molecule has 0 amide bonds. The van der Waals surface area contributed by atoms with Crippen LogP contribution in [0, 0.1) is 0 Å². The molecule has 6 unspecified atom stereocenters. The van der Waals surface area contributed by atoms with Crippen LogP contribution in [0.1, 0.15) is 26.7 Å². The van der Waals surface area contributed by atoms with E-state index in [0.717, 1.165) is 6.42 Å². The van der Waals surface area contributed by atoms with Crippen LogP contribution in [-0.2, 0) is 14.3 Å². The van der Waals surface area contributed by atoms with E-state index in [1.54, 1.807) is 6.92 Å². The molecule has 1 rings (SSSR count). The number of ether oxygens (including phenoxy) is 2. The van der Waals surface area contributed by atoms with E-state index >= 15 is 0 Å². The van der Waals surface area contributed by atoms with Gasteiger partial charge in [0, 0.05) is 0 Å². The highest BCUT2D eigenvalue weighted by Crippen LogP contribution is 2.23. The van der Waals surface area contributed by atoms with Gasteiger partial charge < -0.3 is 29.9 Å². The van der Waals surface area contributed by atoms with Crippen molar-refractivity contribution in [2.24, 2.45) is 0 Å². The zero-order chi connectivity index (χ0) is 13.9. The monoisotopic (exact) mass is 264 g/mol. The molecule has 106 valence electrons. The first-order valence-electron chi connectivity index (χ1n) is 5.96. The van der Waals surface area contributed by atoms with Crippen LogP contribution in [0.4, 0.5) is 0 Å². The van der Waals surface area contributed by atoms with Crippen molar-refractivity contribution in [3.05, 3.63) is 0 Å². The summed E-state index contributed by atoms with van der Waals surface area (Å²) in [7, 11) is 0. The smallest absolute Gasteiger partial charge is 0.335 e. The van der Waals surface area contributed by atoms with Gasteiger partial charge in [-0.1, -0.05) is 13.3 Å². The number of aliphatic hydroxyl groups is 3. The Kier molecular flexibility index (Phi) is 5.48. The molecule has 6 atom stereocenters. The highest BCUT2D eigenvalue weighted by Gasteiger charge is 2.47. The summed E-state index contributed by atoms with van der Waals surface area (Å²) in [5, 5.41) is 37.5. The lowest BCUT2D eigenvalue weighted by Gasteiger charge is -2.39. The second-order valence-corrected chi connectivity index (χ2v) is 4.47. The number of carboxylic acid groups (broad SMARTS) is 1. The van der Waals surface area contributed by atoms with Gasteiger partial charge in [-0.3, -0.25) is 0 Å². The zero-order valence-corrected chi connectivity index (χ0v) is 10.4. The van der Waals surface area contributed by atoms with Crippen LogP contribution in [-0.4, -0.2) is 63.2 Å². The van der Waals surface area contributed by atoms with Gasteiger partial charge in [-0.15, -0.1) is 0 Å². The molecule has 0 aromatic heterocycles. The first kappa shape index (κ1) is 15.3. The van der Waals surface area contributed by atoms with Gasteiger partial charge in [0.1, 0.15) is 18.3 Å². The molecular weight excluding hydrogens is 244 g/mol. The molecule has 1 heterocycles. The summed E-state index contributed by atoms with van der Waals surface area (Å²) in [5.41, 5.74) is 0. The van der Waals surface area contributed by atoms with Crippen LogP contribution >= 0.6 is 0 Å². The highest BCUT2D eigenvalue weighted by atomic mass is 16.7. The predicted molar refractivity (Wildman–Crippen MR) is 59.8 cm³/mol. The maximum Gasteiger partial charge on any atom is 0.335 e. The van der Waals surface area contributed by atoms with Crippen molar-refractivity contribution in [2.75, 3.05) is 0 Å². The number of hydrogen-bond acceptors (Lipinski definition) is 6. The first-order valence-corrected chi connectivity index (χ1v) is 5.96. The predicted octanol–water partition coefficient (Wildman–Crippen LogP) is -0.916. The molecule has 1 fully saturated rings. The molecule has 7 nitrogen and oxygen atoms in total. The Labute approximate surface area is 105 Å². The third kappa shape index (κ3) is 3.39. The summed E-state index contributed by atoms with van der Waals surface area (Å²) >= 11 is 0. The maximum absolute atomic E-state index is 10.8. The first-order chi connectivity index (χ1) is 8.38. The molecule has 1 aliphatic heterocycles. The van der Waals surface area contributed by atoms with Crippen LogP contribution in [0.2, 0.25) is 0 Å². The van der Waals surface area contributed by atoms with Crippen molar-refractivity contribution < 1.29 is 34.7 Å². The number of hydrogen-bond donors (Lipinski definition) is 4. The molecule has 0 aromatic rings. The summed E-state index contributed by atoms with van der Waals surface area (Å²) in [6, 6.07) is 0. The molecule has 0 radical (unpaired) electrons. The van der Waals surface area contributed by atoms with Crippen molar-refractivity contribution in [2.45, 2.75) is 63.5 Å². The van der Waals surface area contributed by atoms with Crippen molar-refractivity contribution in [3.63, 3.8) is 0 Å². The minimum Gasteiger partial charge on any atom is -0.479 e. The van der Waals surface area contributed by atoms with Crippen LogP contribution < -0.4 is 0 Å². The van der Waals surface area contributed by atoms with Gasteiger partial charge in [0.2, 0.25) is 0 Å². The second kappa shape index (κ2) is 6.44. The number of carbonyl (C=O) groups is 1. The van der Waals surface area contributed by atoms with Crippen molar-refractivity contribution in [1.29, 1.82) is 0 Å². The van der Waals surface area contributed by atoms with Crippen molar-refractivity contribution in [1.82, 2.24) is 0 Å². The van der Waals surface area contributed by atoms with Crippen LogP contribution in [0.15, 0.2) is 0 Å². The van der Waals surface area contributed by atoms with E-state index < -0.39 is 36.7 Å². The van der Waals surface area contributed by atoms with Gasteiger partial charge in [0.15, 0.2) is 12.4 Å². The van der Waals surface area contributed by atoms with Crippen LogP contribution in [0.5, 0.6) is 0 Å². The Balaban J connectivity index is 2.69. The Morgan fingerprint density at radius 1 is 1.28 bits per heavy atom. The van der Waals surface area contributed by atoms with E-state index in [2.05, 4.69) is 0 Å². The average Bonchev–Trinajstić information content (AvgIpc) is 2.30. The quantitative estimate of drug-likeness (QED) is 0.507. The van der Waals surface area contributed by atoms with Gasteiger partial charge in [0.25, 0.3) is 0 Å². The Morgan fingerprint density at radius 2 is 1.89 bits per heavy atom. The number of aliphatic hydroxyl groups excluding tert-OH is 3. The summed E-state index contributed by atoms with van der Waals surface area (Å²) in [6.07, 6.45) is -6.31. The third-order valence-corrected chi connectivity index (χ3v) is 2.87. The Hall–Kier alpha value is -0.730. The van der Waals surface area contributed by atoms with Gasteiger partial charge in [-0.2, -0.15) is 0 Å². The number of rotatable bonds is 5. The van der Waals surface area contributed by atoms with E-state index in [0.29, 0.717) is 6.42 Å². The largest absolute Gasteiger partial charge is 0.479 e. The van der Waals surface area contributed by atoms with Crippen molar-refractivity contribution >= 4 is 5.97 Å². The fourth-order valence-electron chi connectivity index (χ4n) is 1.87. The van der Waals surface area contributed by atoms with E-state index in [9.17, 15) is 20.1 Å². The molecule has 0 bridgehead atoms. The molecule has 7 heteroatoms. The minimum absolute atomic E-state index is 0.244. The molecule has 0 saturated carbocycles. The van der Waals surface area contributed by atoms with Crippen LogP contribution in [0.3, 0.4) is 0 Å². The molecular formula is C11H20O7. The van der Waals surface area contributed by atoms with E-state index in [-0.39, 0.29) is 6.10 Å². The third-order valence-electron chi connectivity index (χ3n) is 2.87.